The summed E-state index contributed by atoms with van der Waals surface area (Å²) in [5.41, 5.74) is 6.10. The zero-order valence-corrected chi connectivity index (χ0v) is 10.2. The highest BCUT2D eigenvalue weighted by atomic mass is 15.1. The minimum Gasteiger partial charge on any atom is -0.326 e. The summed E-state index contributed by atoms with van der Waals surface area (Å²) in [4.78, 5) is 2.55. The third kappa shape index (κ3) is 3.58. The first-order valence-electron chi connectivity index (χ1n) is 5.97. The lowest BCUT2D eigenvalue weighted by Crippen LogP contribution is -2.46. The molecular weight excluding hydrogens is 172 g/mol. The van der Waals surface area contributed by atoms with E-state index in [0.29, 0.717) is 12.0 Å². The number of rotatable bonds is 3. The second kappa shape index (κ2) is 5.13. The Morgan fingerprint density at radius 1 is 1.21 bits per heavy atom. The van der Waals surface area contributed by atoms with Crippen LogP contribution in [0.4, 0.5) is 0 Å². The van der Waals surface area contributed by atoms with Crippen molar-refractivity contribution in [2.45, 2.75) is 40.2 Å². The predicted molar refractivity (Wildman–Crippen MR) is 62.2 cm³/mol. The third-order valence-corrected chi connectivity index (χ3v) is 3.27. The van der Waals surface area contributed by atoms with Gasteiger partial charge in [0.25, 0.3) is 0 Å². The number of hydrogen-bond donors (Lipinski definition) is 1. The SMILES string of the molecule is CC1CC(C)CN(CC(N)C(C)C)C1. The van der Waals surface area contributed by atoms with Crippen LogP contribution in [0.1, 0.15) is 34.1 Å². The van der Waals surface area contributed by atoms with Crippen molar-refractivity contribution in [1.29, 1.82) is 0 Å². The molecule has 1 saturated heterocycles. The van der Waals surface area contributed by atoms with Gasteiger partial charge in [0.05, 0.1) is 0 Å². The van der Waals surface area contributed by atoms with Crippen molar-refractivity contribution in [3.8, 4) is 0 Å². The molecule has 14 heavy (non-hydrogen) atoms. The number of piperidine rings is 1. The summed E-state index contributed by atoms with van der Waals surface area (Å²) in [6.45, 7) is 12.7. The van der Waals surface area contributed by atoms with Gasteiger partial charge in [-0.05, 0) is 24.2 Å². The lowest BCUT2D eigenvalue weighted by Gasteiger charge is -2.37. The summed E-state index contributed by atoms with van der Waals surface area (Å²) in [5.74, 6) is 2.29. The van der Waals surface area contributed by atoms with Gasteiger partial charge in [0, 0.05) is 25.7 Å². The van der Waals surface area contributed by atoms with E-state index in [4.69, 9.17) is 5.73 Å². The lowest BCUT2D eigenvalue weighted by atomic mass is 9.91. The van der Waals surface area contributed by atoms with Gasteiger partial charge in [-0.15, -0.1) is 0 Å². The fourth-order valence-electron chi connectivity index (χ4n) is 2.45. The van der Waals surface area contributed by atoms with E-state index in [9.17, 15) is 0 Å². The molecule has 1 heterocycles. The molecule has 0 aromatic rings. The summed E-state index contributed by atoms with van der Waals surface area (Å²) >= 11 is 0. The molecule has 0 bridgehead atoms. The van der Waals surface area contributed by atoms with E-state index in [2.05, 4.69) is 32.6 Å². The van der Waals surface area contributed by atoms with Crippen LogP contribution in [0.25, 0.3) is 0 Å². The molecule has 3 unspecified atom stereocenters. The van der Waals surface area contributed by atoms with Gasteiger partial charge < -0.3 is 10.6 Å². The first-order valence-corrected chi connectivity index (χ1v) is 5.97. The molecule has 1 rings (SSSR count). The van der Waals surface area contributed by atoms with Crippen molar-refractivity contribution < 1.29 is 0 Å². The Hall–Kier alpha value is -0.0800. The molecular formula is C12H26N2. The summed E-state index contributed by atoms with van der Waals surface area (Å²) < 4.78 is 0. The highest BCUT2D eigenvalue weighted by molar-refractivity contribution is 4.78. The molecule has 2 nitrogen and oxygen atoms in total. The first-order chi connectivity index (χ1) is 6.49. The van der Waals surface area contributed by atoms with Crippen LogP contribution in [0.3, 0.4) is 0 Å². The van der Waals surface area contributed by atoms with Crippen LogP contribution in [0.15, 0.2) is 0 Å². The maximum absolute atomic E-state index is 6.10. The molecule has 1 fully saturated rings. The molecule has 1 aliphatic heterocycles. The van der Waals surface area contributed by atoms with Crippen LogP contribution in [-0.2, 0) is 0 Å². The molecule has 0 aliphatic carbocycles. The molecule has 84 valence electrons. The standard InChI is InChI=1S/C12H26N2/c1-9(2)12(13)8-14-6-10(3)5-11(4)7-14/h9-12H,5-8,13H2,1-4H3. The van der Waals surface area contributed by atoms with E-state index in [1.54, 1.807) is 0 Å². The van der Waals surface area contributed by atoms with Gasteiger partial charge in [-0.3, -0.25) is 0 Å². The number of likely N-dealkylation sites (tertiary alicyclic amines) is 1. The maximum Gasteiger partial charge on any atom is 0.0191 e. The molecule has 0 saturated carbocycles. The van der Waals surface area contributed by atoms with Gasteiger partial charge in [-0.1, -0.05) is 27.7 Å². The van der Waals surface area contributed by atoms with Crippen molar-refractivity contribution in [2.24, 2.45) is 23.5 Å². The molecule has 0 aromatic heterocycles. The highest BCUT2D eigenvalue weighted by Crippen LogP contribution is 2.21. The topological polar surface area (TPSA) is 29.3 Å². The van der Waals surface area contributed by atoms with Gasteiger partial charge in [-0.2, -0.15) is 0 Å². The van der Waals surface area contributed by atoms with E-state index in [1.807, 2.05) is 0 Å². The van der Waals surface area contributed by atoms with Crippen LogP contribution in [-0.4, -0.2) is 30.6 Å². The quantitative estimate of drug-likeness (QED) is 0.751. The minimum absolute atomic E-state index is 0.340. The smallest absolute Gasteiger partial charge is 0.0191 e. The maximum atomic E-state index is 6.10. The van der Waals surface area contributed by atoms with E-state index >= 15 is 0 Å². The van der Waals surface area contributed by atoms with E-state index in [1.165, 1.54) is 19.5 Å². The summed E-state index contributed by atoms with van der Waals surface area (Å²) in [7, 11) is 0. The van der Waals surface area contributed by atoms with Gasteiger partial charge in [0.2, 0.25) is 0 Å². The summed E-state index contributed by atoms with van der Waals surface area (Å²) in [6.07, 6.45) is 1.38. The first kappa shape index (κ1) is 12.0. The average molecular weight is 198 g/mol. The Kier molecular flexibility index (Phi) is 4.39. The fourth-order valence-corrected chi connectivity index (χ4v) is 2.45. The van der Waals surface area contributed by atoms with Crippen molar-refractivity contribution in [3.63, 3.8) is 0 Å². The molecule has 0 aromatic carbocycles. The van der Waals surface area contributed by atoms with Gasteiger partial charge >= 0.3 is 0 Å². The fraction of sp³-hybridized carbons (Fsp3) is 1.00. The predicted octanol–water partition coefficient (Wildman–Crippen LogP) is 1.95. The molecule has 1 aliphatic rings. The van der Waals surface area contributed by atoms with Crippen LogP contribution in [0.5, 0.6) is 0 Å². The zero-order valence-electron chi connectivity index (χ0n) is 10.2. The minimum atomic E-state index is 0.340. The lowest BCUT2D eigenvalue weighted by molar-refractivity contribution is 0.127. The van der Waals surface area contributed by atoms with Gasteiger partial charge in [-0.25, -0.2) is 0 Å². The Labute approximate surface area is 88.8 Å². The second-order valence-electron chi connectivity index (χ2n) is 5.57. The Bertz CT molecular complexity index is 158. The highest BCUT2D eigenvalue weighted by Gasteiger charge is 2.23. The van der Waals surface area contributed by atoms with Crippen LogP contribution >= 0.6 is 0 Å². The number of hydrogen-bond acceptors (Lipinski definition) is 2. The zero-order chi connectivity index (χ0) is 10.7. The van der Waals surface area contributed by atoms with Crippen molar-refractivity contribution in [2.75, 3.05) is 19.6 Å². The van der Waals surface area contributed by atoms with Crippen LogP contribution in [0.2, 0.25) is 0 Å². The summed E-state index contributed by atoms with van der Waals surface area (Å²) in [6, 6.07) is 0.340. The van der Waals surface area contributed by atoms with Crippen molar-refractivity contribution in [3.05, 3.63) is 0 Å². The monoisotopic (exact) mass is 198 g/mol. The van der Waals surface area contributed by atoms with Crippen LogP contribution in [0, 0.1) is 17.8 Å². The van der Waals surface area contributed by atoms with E-state index in [-0.39, 0.29) is 0 Å². The van der Waals surface area contributed by atoms with Gasteiger partial charge in [0.1, 0.15) is 0 Å². The largest absolute Gasteiger partial charge is 0.326 e. The molecule has 2 N–H and O–H groups in total. The van der Waals surface area contributed by atoms with Crippen molar-refractivity contribution in [1.82, 2.24) is 4.90 Å². The molecule has 2 heteroatoms. The second-order valence-corrected chi connectivity index (χ2v) is 5.57. The van der Waals surface area contributed by atoms with Gasteiger partial charge in [0.15, 0.2) is 0 Å². The van der Waals surface area contributed by atoms with Crippen LogP contribution < -0.4 is 5.73 Å². The molecule has 3 atom stereocenters. The normalized spacial score (nSPS) is 32.1. The molecule has 0 spiro atoms. The molecule has 0 amide bonds. The third-order valence-electron chi connectivity index (χ3n) is 3.27. The Morgan fingerprint density at radius 2 is 1.71 bits per heavy atom. The Morgan fingerprint density at radius 3 is 2.14 bits per heavy atom. The number of nitrogens with two attached hydrogens (primary N) is 1. The molecule has 0 radical (unpaired) electrons. The Balaban J connectivity index is 2.36. The average Bonchev–Trinajstić information content (AvgIpc) is 2.01. The van der Waals surface area contributed by atoms with E-state index < -0.39 is 0 Å². The van der Waals surface area contributed by atoms with E-state index in [0.717, 1.165) is 18.4 Å². The summed E-state index contributed by atoms with van der Waals surface area (Å²) in [5, 5.41) is 0. The number of nitrogens with zero attached hydrogens (tertiary/aromatic N) is 1. The van der Waals surface area contributed by atoms with Crippen molar-refractivity contribution >= 4 is 0 Å².